The van der Waals surface area contributed by atoms with Gasteiger partial charge in [-0.05, 0) is 87.5 Å². The minimum absolute atomic E-state index is 0.0148. The van der Waals surface area contributed by atoms with Crippen molar-refractivity contribution in [3.05, 3.63) is 0 Å². The summed E-state index contributed by atoms with van der Waals surface area (Å²) in [6.45, 7) is 1.17. The van der Waals surface area contributed by atoms with Crippen molar-refractivity contribution in [3.8, 4) is 0 Å². The summed E-state index contributed by atoms with van der Waals surface area (Å²) in [7, 11) is 0. The third-order valence-electron chi connectivity index (χ3n) is 6.62. The zero-order valence-corrected chi connectivity index (χ0v) is 12.1. The molecule has 108 valence electrons. The predicted molar refractivity (Wildman–Crippen MR) is 76.8 cm³/mol. The second-order valence-electron chi connectivity index (χ2n) is 8.05. The Kier molecular flexibility index (Phi) is 3.35. The number of nitrogens with one attached hydrogen (secondary N) is 1. The van der Waals surface area contributed by atoms with E-state index in [2.05, 4.69) is 5.32 Å². The molecule has 2 N–H and O–H groups in total. The van der Waals surface area contributed by atoms with Crippen molar-refractivity contribution >= 4 is 0 Å². The van der Waals surface area contributed by atoms with Crippen molar-refractivity contribution in [1.29, 1.82) is 0 Å². The lowest BCUT2D eigenvalue weighted by molar-refractivity contribution is -0.0163. The van der Waals surface area contributed by atoms with Gasteiger partial charge in [0.05, 0.1) is 6.10 Å². The molecule has 0 heterocycles. The molecule has 0 radical (unpaired) electrons. The van der Waals surface area contributed by atoms with E-state index in [0.29, 0.717) is 0 Å². The first-order valence-corrected chi connectivity index (χ1v) is 8.69. The molecule has 0 spiro atoms. The molecular weight excluding hydrogens is 234 g/mol. The molecule has 2 nitrogen and oxygen atoms in total. The number of hydrogen-bond donors (Lipinski definition) is 2. The minimum atomic E-state index is -0.0148. The van der Waals surface area contributed by atoms with Crippen molar-refractivity contribution < 1.29 is 5.11 Å². The minimum Gasteiger partial charge on any atom is -0.393 e. The fourth-order valence-corrected chi connectivity index (χ4v) is 6.01. The smallest absolute Gasteiger partial charge is 0.0543 e. The van der Waals surface area contributed by atoms with E-state index in [1.807, 2.05) is 0 Å². The molecule has 0 amide bonds. The molecule has 5 rings (SSSR count). The van der Waals surface area contributed by atoms with Gasteiger partial charge >= 0.3 is 0 Å². The average Bonchev–Trinajstić information content (AvgIpc) is 2.37. The number of rotatable bonds is 3. The monoisotopic (exact) mass is 263 g/mol. The molecule has 5 aliphatic rings. The van der Waals surface area contributed by atoms with E-state index in [1.54, 1.807) is 6.42 Å². The van der Waals surface area contributed by atoms with Gasteiger partial charge in [0.2, 0.25) is 0 Å². The molecule has 0 aromatic carbocycles. The van der Waals surface area contributed by atoms with Gasteiger partial charge in [0.1, 0.15) is 0 Å². The van der Waals surface area contributed by atoms with E-state index in [0.717, 1.165) is 48.5 Å². The molecule has 0 saturated heterocycles. The summed E-state index contributed by atoms with van der Waals surface area (Å²) in [5.41, 5.74) is 0. The molecule has 0 aromatic heterocycles. The van der Waals surface area contributed by atoms with E-state index in [-0.39, 0.29) is 6.10 Å². The van der Waals surface area contributed by atoms with Gasteiger partial charge < -0.3 is 10.4 Å². The summed E-state index contributed by atoms with van der Waals surface area (Å²) in [5.74, 6) is 4.88. The Morgan fingerprint density at radius 3 is 2.16 bits per heavy atom. The van der Waals surface area contributed by atoms with E-state index in [4.69, 9.17) is 0 Å². The number of aliphatic hydroxyl groups excluding tert-OH is 1. The highest BCUT2D eigenvalue weighted by Gasteiger charge is 2.47. The number of hydrogen-bond acceptors (Lipinski definition) is 2. The van der Waals surface area contributed by atoms with Crippen molar-refractivity contribution in [2.24, 2.45) is 29.6 Å². The van der Waals surface area contributed by atoms with Gasteiger partial charge in [-0.15, -0.1) is 0 Å². The molecule has 5 fully saturated rings. The van der Waals surface area contributed by atoms with Crippen molar-refractivity contribution in [1.82, 2.24) is 5.32 Å². The van der Waals surface area contributed by atoms with E-state index >= 15 is 0 Å². The maximum absolute atomic E-state index is 9.79. The van der Waals surface area contributed by atoms with Gasteiger partial charge in [0, 0.05) is 6.04 Å². The van der Waals surface area contributed by atoms with Crippen molar-refractivity contribution in [2.45, 2.75) is 69.9 Å². The molecule has 4 bridgehead atoms. The highest BCUT2D eigenvalue weighted by molar-refractivity contribution is 5.01. The summed E-state index contributed by atoms with van der Waals surface area (Å²) >= 11 is 0. The van der Waals surface area contributed by atoms with Crippen LogP contribution in [0.1, 0.15) is 57.8 Å². The molecule has 0 aromatic rings. The zero-order chi connectivity index (χ0) is 12.8. The van der Waals surface area contributed by atoms with E-state index < -0.39 is 0 Å². The van der Waals surface area contributed by atoms with Gasteiger partial charge in [0.25, 0.3) is 0 Å². The molecular formula is C17H29NO. The highest BCUT2D eigenvalue weighted by atomic mass is 16.3. The van der Waals surface area contributed by atoms with Crippen LogP contribution in [-0.2, 0) is 0 Å². The van der Waals surface area contributed by atoms with Crippen LogP contribution >= 0.6 is 0 Å². The largest absolute Gasteiger partial charge is 0.393 e. The second kappa shape index (κ2) is 5.04. The Morgan fingerprint density at radius 1 is 0.842 bits per heavy atom. The SMILES string of the molecule is OC1CCCC(CNC2C3CC4CC(C3)CC2C4)C1. The zero-order valence-electron chi connectivity index (χ0n) is 12.1. The summed E-state index contributed by atoms with van der Waals surface area (Å²) < 4.78 is 0. The standard InChI is InChI=1S/C17H29NO/c19-16-3-1-2-11(9-16)10-18-17-14-5-12-4-13(7-14)8-15(17)6-12/h11-19H,1-10H2. The number of aliphatic hydroxyl groups is 1. The van der Waals surface area contributed by atoms with Crippen LogP contribution in [0.2, 0.25) is 0 Å². The summed E-state index contributed by atoms with van der Waals surface area (Å²) in [6, 6.07) is 0.826. The van der Waals surface area contributed by atoms with Crippen LogP contribution < -0.4 is 5.32 Å². The average molecular weight is 263 g/mol. The van der Waals surface area contributed by atoms with Crippen LogP contribution in [0.15, 0.2) is 0 Å². The predicted octanol–water partition coefficient (Wildman–Crippen LogP) is 2.95. The van der Waals surface area contributed by atoms with E-state index in [9.17, 15) is 5.11 Å². The molecule has 0 aliphatic heterocycles. The Balaban J connectivity index is 1.33. The second-order valence-corrected chi connectivity index (χ2v) is 8.05. The topological polar surface area (TPSA) is 32.3 Å². The van der Waals surface area contributed by atoms with Crippen molar-refractivity contribution in [3.63, 3.8) is 0 Å². The maximum atomic E-state index is 9.79. The Hall–Kier alpha value is -0.0800. The lowest BCUT2D eigenvalue weighted by atomic mass is 9.54. The summed E-state index contributed by atoms with van der Waals surface area (Å²) in [6.07, 6.45) is 12.2. The van der Waals surface area contributed by atoms with Crippen LogP contribution in [0.5, 0.6) is 0 Å². The molecule has 2 atom stereocenters. The summed E-state index contributed by atoms with van der Waals surface area (Å²) in [4.78, 5) is 0. The van der Waals surface area contributed by atoms with Gasteiger partial charge in [-0.1, -0.05) is 6.42 Å². The Labute approximate surface area is 117 Å². The van der Waals surface area contributed by atoms with Gasteiger partial charge in [-0.25, -0.2) is 0 Å². The quantitative estimate of drug-likeness (QED) is 0.820. The first-order chi connectivity index (χ1) is 9.28. The maximum Gasteiger partial charge on any atom is 0.0543 e. The fraction of sp³-hybridized carbons (Fsp3) is 1.00. The Morgan fingerprint density at radius 2 is 1.53 bits per heavy atom. The fourth-order valence-electron chi connectivity index (χ4n) is 6.01. The highest BCUT2D eigenvalue weighted by Crippen LogP contribution is 2.53. The van der Waals surface area contributed by atoms with Crippen LogP contribution in [0.4, 0.5) is 0 Å². The third-order valence-corrected chi connectivity index (χ3v) is 6.62. The third kappa shape index (κ3) is 2.47. The van der Waals surface area contributed by atoms with Crippen LogP contribution in [0.25, 0.3) is 0 Å². The van der Waals surface area contributed by atoms with Crippen LogP contribution in [0, 0.1) is 29.6 Å². The van der Waals surface area contributed by atoms with Crippen LogP contribution in [-0.4, -0.2) is 23.8 Å². The van der Waals surface area contributed by atoms with E-state index in [1.165, 1.54) is 45.1 Å². The molecule has 19 heavy (non-hydrogen) atoms. The summed E-state index contributed by atoms with van der Waals surface area (Å²) in [5, 5.41) is 13.7. The lowest BCUT2D eigenvalue weighted by Crippen LogP contribution is -2.55. The first kappa shape index (κ1) is 12.6. The van der Waals surface area contributed by atoms with Gasteiger partial charge in [-0.3, -0.25) is 0 Å². The molecule has 2 unspecified atom stereocenters. The molecule has 5 saturated carbocycles. The lowest BCUT2D eigenvalue weighted by Gasteiger charge is -2.55. The van der Waals surface area contributed by atoms with Gasteiger partial charge in [-0.2, -0.15) is 0 Å². The molecule has 2 heteroatoms. The van der Waals surface area contributed by atoms with Crippen molar-refractivity contribution in [2.75, 3.05) is 6.54 Å². The normalized spacial score (nSPS) is 52.6. The molecule has 5 aliphatic carbocycles. The first-order valence-electron chi connectivity index (χ1n) is 8.69. The van der Waals surface area contributed by atoms with Crippen LogP contribution in [0.3, 0.4) is 0 Å². The Bertz CT molecular complexity index is 301. The van der Waals surface area contributed by atoms with Gasteiger partial charge in [0.15, 0.2) is 0 Å².